The van der Waals surface area contributed by atoms with Crippen molar-refractivity contribution in [2.75, 3.05) is 6.54 Å². The van der Waals surface area contributed by atoms with Crippen LogP contribution in [0.15, 0.2) is 41.2 Å². The minimum absolute atomic E-state index is 0.0255. The van der Waals surface area contributed by atoms with Gasteiger partial charge in [-0.25, -0.2) is 4.98 Å². The first-order valence-corrected chi connectivity index (χ1v) is 8.62. The molecule has 0 radical (unpaired) electrons. The number of carbonyl (C=O) groups is 1. The number of aromatic nitrogens is 2. The van der Waals surface area contributed by atoms with Crippen molar-refractivity contribution in [3.63, 3.8) is 0 Å². The molecule has 4 rings (SSSR count). The minimum atomic E-state index is -0.148. The first-order valence-electron chi connectivity index (χ1n) is 8.62. The van der Waals surface area contributed by atoms with Crippen molar-refractivity contribution < 1.29 is 4.79 Å². The van der Waals surface area contributed by atoms with Crippen molar-refractivity contribution >= 4 is 16.8 Å². The number of nitrogens with one attached hydrogen (secondary N) is 2. The number of H-pyrrole nitrogens is 1. The number of nitrogens with zero attached hydrogens (tertiary/aromatic N) is 1. The molecule has 2 bridgehead atoms. The van der Waals surface area contributed by atoms with Gasteiger partial charge in [-0.15, -0.1) is 0 Å². The molecule has 1 saturated carbocycles. The normalized spacial score (nSPS) is 24.6. The van der Waals surface area contributed by atoms with E-state index in [9.17, 15) is 9.59 Å². The fourth-order valence-electron chi connectivity index (χ4n) is 3.95. The van der Waals surface area contributed by atoms with E-state index >= 15 is 0 Å². The average Bonchev–Trinajstić information content (AvgIpc) is 3.21. The van der Waals surface area contributed by atoms with Gasteiger partial charge in [-0.05, 0) is 42.7 Å². The highest BCUT2D eigenvalue weighted by Gasteiger charge is 2.35. The molecule has 2 aliphatic rings. The molecular formula is C19H21N3O2. The van der Waals surface area contributed by atoms with E-state index in [1.807, 2.05) is 18.2 Å². The van der Waals surface area contributed by atoms with Crippen LogP contribution in [0.4, 0.5) is 0 Å². The summed E-state index contributed by atoms with van der Waals surface area (Å²) in [5.74, 6) is 2.55. The number of hydrogen-bond acceptors (Lipinski definition) is 3. The Balaban J connectivity index is 1.32. The summed E-state index contributed by atoms with van der Waals surface area (Å²) < 4.78 is 0. The second-order valence-corrected chi connectivity index (χ2v) is 6.87. The fraction of sp³-hybridized carbons (Fsp3) is 0.421. The third-order valence-electron chi connectivity index (χ3n) is 5.23. The summed E-state index contributed by atoms with van der Waals surface area (Å²) in [5.41, 5.74) is 0.523. The number of amides is 1. The van der Waals surface area contributed by atoms with Gasteiger partial charge in [-0.3, -0.25) is 9.59 Å². The number of aromatic amines is 1. The summed E-state index contributed by atoms with van der Waals surface area (Å²) in [6.07, 6.45) is 7.85. The third-order valence-corrected chi connectivity index (χ3v) is 5.23. The molecule has 2 aliphatic carbocycles. The molecular weight excluding hydrogens is 302 g/mol. The van der Waals surface area contributed by atoms with Crippen molar-refractivity contribution in [3.05, 3.63) is 52.6 Å². The van der Waals surface area contributed by atoms with Gasteiger partial charge in [0.2, 0.25) is 5.91 Å². The molecule has 1 fully saturated rings. The Kier molecular flexibility index (Phi) is 3.92. The van der Waals surface area contributed by atoms with Gasteiger partial charge in [0.1, 0.15) is 5.82 Å². The topological polar surface area (TPSA) is 74.8 Å². The zero-order valence-corrected chi connectivity index (χ0v) is 13.5. The number of hydrogen-bond donors (Lipinski definition) is 2. The Labute approximate surface area is 140 Å². The van der Waals surface area contributed by atoms with Crippen LogP contribution in [-0.2, 0) is 11.2 Å². The Bertz CT molecular complexity index is 855. The number of aryl methyl sites for hydroxylation is 1. The van der Waals surface area contributed by atoms with E-state index in [0.717, 1.165) is 12.5 Å². The molecule has 0 unspecified atom stereocenters. The zero-order chi connectivity index (χ0) is 16.5. The van der Waals surface area contributed by atoms with Gasteiger partial charge in [0, 0.05) is 19.4 Å². The lowest BCUT2D eigenvalue weighted by atomic mass is 9.93. The molecule has 1 aromatic heterocycles. The maximum absolute atomic E-state index is 12.1. The van der Waals surface area contributed by atoms with Crippen LogP contribution in [0.5, 0.6) is 0 Å². The maximum Gasteiger partial charge on any atom is 0.258 e. The average molecular weight is 323 g/mol. The lowest BCUT2D eigenvalue weighted by Gasteiger charge is -2.18. The molecule has 5 nitrogen and oxygen atoms in total. The van der Waals surface area contributed by atoms with Crippen LogP contribution in [0.3, 0.4) is 0 Å². The van der Waals surface area contributed by atoms with Crippen LogP contribution in [0.2, 0.25) is 0 Å². The summed E-state index contributed by atoms with van der Waals surface area (Å²) in [7, 11) is 0. The van der Waals surface area contributed by atoms with E-state index < -0.39 is 0 Å². The van der Waals surface area contributed by atoms with Gasteiger partial charge in [0.25, 0.3) is 5.56 Å². The predicted octanol–water partition coefficient (Wildman–Crippen LogP) is 2.18. The van der Waals surface area contributed by atoms with Crippen molar-refractivity contribution in [2.24, 2.45) is 17.8 Å². The molecule has 5 heteroatoms. The quantitative estimate of drug-likeness (QED) is 0.828. The third kappa shape index (κ3) is 2.98. The van der Waals surface area contributed by atoms with Crippen LogP contribution in [0, 0.1) is 17.8 Å². The molecule has 0 spiro atoms. The highest BCUT2D eigenvalue weighted by Crippen LogP contribution is 2.42. The van der Waals surface area contributed by atoms with Gasteiger partial charge in [-0.1, -0.05) is 24.3 Å². The predicted molar refractivity (Wildman–Crippen MR) is 92.5 cm³/mol. The molecule has 0 aliphatic heterocycles. The van der Waals surface area contributed by atoms with Crippen LogP contribution in [0.25, 0.3) is 10.9 Å². The number of fused-ring (bicyclic) bond motifs is 3. The second kappa shape index (κ2) is 6.23. The van der Waals surface area contributed by atoms with E-state index in [4.69, 9.17) is 0 Å². The summed E-state index contributed by atoms with van der Waals surface area (Å²) in [6.45, 7) is 0.756. The number of allylic oxidation sites excluding steroid dienone is 2. The Morgan fingerprint density at radius 3 is 2.92 bits per heavy atom. The molecule has 0 saturated heterocycles. The number of para-hydroxylation sites is 1. The lowest BCUT2D eigenvalue weighted by Crippen LogP contribution is -2.31. The van der Waals surface area contributed by atoms with Gasteiger partial charge in [-0.2, -0.15) is 0 Å². The number of carbonyl (C=O) groups excluding carboxylic acids is 1. The summed E-state index contributed by atoms with van der Waals surface area (Å²) in [5, 5.41) is 3.62. The minimum Gasteiger partial charge on any atom is -0.356 e. The van der Waals surface area contributed by atoms with Gasteiger partial charge >= 0.3 is 0 Å². The van der Waals surface area contributed by atoms with Crippen LogP contribution in [-0.4, -0.2) is 22.4 Å². The standard InChI is InChI=1S/C19H21N3O2/c23-18(20-11-14-10-12-5-6-13(14)9-12)8-7-17-21-16-4-2-1-3-15(16)19(24)22-17/h1-6,12-14H,7-11H2,(H,20,23)(H,21,22,24)/t12-,13-,14+/m0/s1. The summed E-state index contributed by atoms with van der Waals surface area (Å²) in [6, 6.07) is 7.24. The highest BCUT2D eigenvalue weighted by molar-refractivity contribution is 5.78. The van der Waals surface area contributed by atoms with E-state index in [2.05, 4.69) is 27.4 Å². The van der Waals surface area contributed by atoms with Gasteiger partial charge < -0.3 is 10.3 Å². The van der Waals surface area contributed by atoms with Crippen LogP contribution in [0.1, 0.15) is 25.1 Å². The Morgan fingerprint density at radius 1 is 1.25 bits per heavy atom. The van der Waals surface area contributed by atoms with Crippen LogP contribution < -0.4 is 10.9 Å². The molecule has 3 atom stereocenters. The molecule has 1 aromatic carbocycles. The van der Waals surface area contributed by atoms with Gasteiger partial charge in [0.15, 0.2) is 0 Å². The Morgan fingerprint density at radius 2 is 2.12 bits per heavy atom. The number of rotatable bonds is 5. The van der Waals surface area contributed by atoms with E-state index in [0.29, 0.717) is 41.4 Å². The Hall–Kier alpha value is -2.43. The van der Waals surface area contributed by atoms with Crippen molar-refractivity contribution in [1.29, 1.82) is 0 Å². The molecule has 2 N–H and O–H groups in total. The van der Waals surface area contributed by atoms with Crippen LogP contribution >= 0.6 is 0 Å². The summed E-state index contributed by atoms with van der Waals surface area (Å²) in [4.78, 5) is 31.3. The zero-order valence-electron chi connectivity index (χ0n) is 13.5. The molecule has 24 heavy (non-hydrogen) atoms. The monoisotopic (exact) mass is 323 g/mol. The molecule has 1 amide bonds. The number of benzene rings is 1. The SMILES string of the molecule is O=C(CCc1nc2ccccc2c(=O)[nH]1)NC[C@H]1C[C@H]2C=C[C@H]1C2. The largest absolute Gasteiger partial charge is 0.356 e. The van der Waals surface area contributed by atoms with E-state index in [-0.39, 0.29) is 11.5 Å². The van der Waals surface area contributed by atoms with Crippen molar-refractivity contribution in [1.82, 2.24) is 15.3 Å². The first kappa shape index (κ1) is 15.1. The van der Waals surface area contributed by atoms with Gasteiger partial charge in [0.05, 0.1) is 10.9 Å². The maximum atomic E-state index is 12.1. The van der Waals surface area contributed by atoms with Crippen molar-refractivity contribution in [2.45, 2.75) is 25.7 Å². The fourth-order valence-corrected chi connectivity index (χ4v) is 3.95. The first-order chi connectivity index (χ1) is 11.7. The molecule has 2 aromatic rings. The molecule has 1 heterocycles. The molecule has 124 valence electrons. The summed E-state index contributed by atoms with van der Waals surface area (Å²) >= 11 is 0. The van der Waals surface area contributed by atoms with Crippen molar-refractivity contribution in [3.8, 4) is 0 Å². The second-order valence-electron chi connectivity index (χ2n) is 6.87. The van der Waals surface area contributed by atoms with E-state index in [1.165, 1.54) is 12.8 Å². The highest BCUT2D eigenvalue weighted by atomic mass is 16.1. The van der Waals surface area contributed by atoms with E-state index in [1.54, 1.807) is 6.07 Å². The smallest absolute Gasteiger partial charge is 0.258 e. The lowest BCUT2D eigenvalue weighted by molar-refractivity contribution is -0.121.